The zero-order valence-corrected chi connectivity index (χ0v) is 20.3. The molecule has 1 heterocycles. The van der Waals surface area contributed by atoms with Crippen molar-refractivity contribution in [3.63, 3.8) is 0 Å². The highest BCUT2D eigenvalue weighted by atomic mass is 79.9. The molecule has 4 rings (SSSR count). The fourth-order valence-corrected chi connectivity index (χ4v) is 8.61. The lowest BCUT2D eigenvalue weighted by atomic mass is 10.1. The first-order valence-corrected chi connectivity index (χ1v) is 13.1. The van der Waals surface area contributed by atoms with E-state index in [0.29, 0.717) is 18.7 Å². The highest BCUT2D eigenvalue weighted by Gasteiger charge is 2.52. The molecule has 3 aromatic rings. The van der Waals surface area contributed by atoms with Gasteiger partial charge in [-0.25, -0.2) is 9.34 Å². The lowest BCUT2D eigenvalue weighted by molar-refractivity contribution is 0.218. The van der Waals surface area contributed by atoms with Crippen molar-refractivity contribution in [1.82, 2.24) is 9.34 Å². The van der Waals surface area contributed by atoms with Crippen LogP contribution in [0, 0.1) is 0 Å². The molecule has 1 N–H and O–H groups in total. The van der Waals surface area contributed by atoms with Crippen molar-refractivity contribution in [3.8, 4) is 0 Å². The van der Waals surface area contributed by atoms with Crippen LogP contribution in [0.2, 0.25) is 0 Å². The molecule has 3 aromatic carbocycles. The van der Waals surface area contributed by atoms with Gasteiger partial charge in [0.1, 0.15) is 0 Å². The molecule has 6 heteroatoms. The number of aliphatic hydroxyl groups is 1. The van der Waals surface area contributed by atoms with Crippen LogP contribution in [0.1, 0.15) is 48.5 Å². The van der Waals surface area contributed by atoms with Crippen LogP contribution < -0.4 is 0 Å². The Morgan fingerprint density at radius 1 is 0.774 bits per heavy atom. The first-order valence-electron chi connectivity index (χ1n) is 10.6. The van der Waals surface area contributed by atoms with Crippen LogP contribution in [-0.4, -0.2) is 27.5 Å². The summed E-state index contributed by atoms with van der Waals surface area (Å²) in [6.45, 7) is 5.41. The smallest absolute Gasteiger partial charge is 0.249 e. The van der Waals surface area contributed by atoms with Crippen molar-refractivity contribution in [3.05, 3.63) is 106 Å². The summed E-state index contributed by atoms with van der Waals surface area (Å²) in [5.41, 5.74) is 2.84. The van der Waals surface area contributed by atoms with Crippen molar-refractivity contribution < 1.29 is 9.67 Å². The molecule has 0 radical (unpaired) electrons. The zero-order chi connectivity index (χ0) is 22.0. The predicted molar refractivity (Wildman–Crippen MR) is 130 cm³/mol. The van der Waals surface area contributed by atoms with Crippen molar-refractivity contribution in [1.29, 1.82) is 0 Å². The molecule has 31 heavy (non-hydrogen) atoms. The zero-order valence-electron chi connectivity index (χ0n) is 17.8. The average molecular weight is 499 g/mol. The largest absolute Gasteiger partial charge is 0.378 e. The Bertz CT molecular complexity index is 1010. The lowest BCUT2D eigenvalue weighted by Crippen LogP contribution is -2.28. The Morgan fingerprint density at radius 2 is 1.19 bits per heavy atom. The van der Waals surface area contributed by atoms with Crippen LogP contribution in [0.15, 0.2) is 89.4 Å². The Hall–Kier alpha value is -1.75. The molecule has 0 bridgehead atoms. The Morgan fingerprint density at radius 3 is 1.65 bits per heavy atom. The molecule has 1 saturated heterocycles. The molecule has 0 aromatic heterocycles. The summed E-state index contributed by atoms with van der Waals surface area (Å²) in [6.07, 6.45) is 0. The third-order valence-electron chi connectivity index (χ3n) is 6.25. The number of nitrogens with zero attached hydrogens (tertiary/aromatic N) is 2. The topological polar surface area (TPSA) is 43.8 Å². The van der Waals surface area contributed by atoms with E-state index in [1.165, 1.54) is 0 Å². The van der Waals surface area contributed by atoms with Gasteiger partial charge in [-0.15, -0.1) is 0 Å². The van der Waals surface area contributed by atoms with Gasteiger partial charge in [0.25, 0.3) is 0 Å². The molecular weight excluding hydrogens is 471 g/mol. The minimum Gasteiger partial charge on any atom is -0.378 e. The molecule has 0 unspecified atom stereocenters. The van der Waals surface area contributed by atoms with Crippen LogP contribution in [0.25, 0.3) is 0 Å². The monoisotopic (exact) mass is 498 g/mol. The summed E-state index contributed by atoms with van der Waals surface area (Å²) in [5, 5.41) is 11.6. The maximum Gasteiger partial charge on any atom is 0.249 e. The second kappa shape index (κ2) is 9.40. The summed E-state index contributed by atoms with van der Waals surface area (Å²) >= 11 is 3.55. The summed E-state index contributed by atoms with van der Waals surface area (Å²) in [6, 6.07) is 27.6. The Balaban J connectivity index is 1.79. The van der Waals surface area contributed by atoms with E-state index in [1.54, 1.807) is 0 Å². The molecule has 1 aliphatic heterocycles. The predicted octanol–water partition coefficient (Wildman–Crippen LogP) is 6.77. The summed E-state index contributed by atoms with van der Waals surface area (Å²) in [5.74, 6) is -1.12. The molecule has 162 valence electrons. The van der Waals surface area contributed by atoms with Crippen LogP contribution in [0.3, 0.4) is 0 Å². The van der Waals surface area contributed by atoms with Gasteiger partial charge in [-0.05, 0) is 31.0 Å². The van der Waals surface area contributed by atoms with Crippen molar-refractivity contribution in [2.75, 3.05) is 13.1 Å². The Labute approximate surface area is 193 Å². The lowest BCUT2D eigenvalue weighted by Gasteiger charge is -2.39. The van der Waals surface area contributed by atoms with Crippen molar-refractivity contribution in [2.45, 2.75) is 31.8 Å². The summed E-state index contributed by atoms with van der Waals surface area (Å²) in [7, 11) is -3.38. The summed E-state index contributed by atoms with van der Waals surface area (Å²) in [4.78, 5) is 0. The van der Waals surface area contributed by atoms with Crippen molar-refractivity contribution >= 4 is 23.4 Å². The van der Waals surface area contributed by atoms with E-state index >= 15 is 0 Å². The minimum atomic E-state index is -3.38. The van der Waals surface area contributed by atoms with E-state index in [4.69, 9.17) is 0 Å². The summed E-state index contributed by atoms with van der Waals surface area (Å²) < 4.78 is 19.7. The SMILES string of the molecule is C[C@@H](c1ccccc1)N1CCN([C@@H](C)c2ccccc2)P1(=O)[C@H](O)c1ccccc1Br. The maximum atomic E-state index is 14.9. The van der Waals surface area contributed by atoms with E-state index in [0.717, 1.165) is 15.6 Å². The number of halogens is 1. The molecular formula is C25H28BrN2O2P. The number of hydrogen-bond acceptors (Lipinski definition) is 2. The van der Waals surface area contributed by atoms with Crippen molar-refractivity contribution in [2.24, 2.45) is 0 Å². The number of hydrogen-bond donors (Lipinski definition) is 1. The molecule has 0 aliphatic carbocycles. The maximum absolute atomic E-state index is 14.9. The quantitative estimate of drug-likeness (QED) is 0.380. The van der Waals surface area contributed by atoms with E-state index in [1.807, 2.05) is 70.0 Å². The number of benzene rings is 3. The first-order chi connectivity index (χ1) is 14.9. The van der Waals surface area contributed by atoms with E-state index < -0.39 is 13.3 Å². The molecule has 1 fully saturated rings. The molecule has 0 saturated carbocycles. The van der Waals surface area contributed by atoms with Gasteiger partial charge >= 0.3 is 0 Å². The van der Waals surface area contributed by atoms with Gasteiger partial charge in [0, 0.05) is 35.2 Å². The van der Waals surface area contributed by atoms with Gasteiger partial charge in [-0.1, -0.05) is 94.8 Å². The third-order valence-corrected chi connectivity index (χ3v) is 10.5. The standard InChI is InChI=1S/C25H28BrN2O2P/c1-19(21-11-5-3-6-12-21)27-17-18-28(20(2)22-13-7-4-8-14-22)31(27,30)25(29)23-15-9-10-16-24(23)26/h3-16,19-20,25,29H,17-18H2,1-2H3/t19-,20-,25-/m0/s1. The molecule has 4 nitrogen and oxygen atoms in total. The highest BCUT2D eigenvalue weighted by Crippen LogP contribution is 2.70. The second-order valence-corrected chi connectivity index (χ2v) is 11.5. The van der Waals surface area contributed by atoms with Gasteiger partial charge in [0.2, 0.25) is 7.44 Å². The molecule has 1 aliphatic rings. The fraction of sp³-hybridized carbons (Fsp3) is 0.280. The molecule has 0 spiro atoms. The molecule has 0 amide bonds. The van der Waals surface area contributed by atoms with Crippen LogP contribution in [-0.2, 0) is 4.57 Å². The molecule has 3 atom stereocenters. The third kappa shape index (κ3) is 4.18. The number of rotatable bonds is 6. The van der Waals surface area contributed by atoms with Gasteiger partial charge in [-0.3, -0.25) is 4.57 Å². The normalized spacial score (nSPS) is 19.7. The minimum absolute atomic E-state index is 0.0860. The Kier molecular flexibility index (Phi) is 6.80. The van der Waals surface area contributed by atoms with Gasteiger partial charge in [-0.2, -0.15) is 0 Å². The van der Waals surface area contributed by atoms with Gasteiger partial charge in [0.05, 0.1) is 0 Å². The number of aliphatic hydroxyl groups excluding tert-OH is 1. The van der Waals surface area contributed by atoms with Crippen LogP contribution in [0.5, 0.6) is 0 Å². The van der Waals surface area contributed by atoms with E-state index in [2.05, 4.69) is 54.0 Å². The van der Waals surface area contributed by atoms with Crippen LogP contribution in [0.4, 0.5) is 0 Å². The fourth-order valence-electron chi connectivity index (χ4n) is 4.48. The first kappa shape index (κ1) is 22.4. The van der Waals surface area contributed by atoms with E-state index in [9.17, 15) is 9.67 Å². The highest BCUT2D eigenvalue weighted by molar-refractivity contribution is 9.10. The second-order valence-electron chi connectivity index (χ2n) is 7.98. The van der Waals surface area contributed by atoms with E-state index in [-0.39, 0.29) is 12.1 Å². The van der Waals surface area contributed by atoms with Gasteiger partial charge in [0.15, 0.2) is 5.85 Å². The van der Waals surface area contributed by atoms with Crippen LogP contribution >= 0.6 is 23.4 Å². The average Bonchev–Trinajstić information content (AvgIpc) is 3.17. The van der Waals surface area contributed by atoms with Gasteiger partial charge < -0.3 is 5.11 Å².